The Labute approximate surface area is 223 Å². The van der Waals surface area contributed by atoms with Crippen molar-refractivity contribution in [3.8, 4) is 10.6 Å². The first-order valence-corrected chi connectivity index (χ1v) is 15.1. The zero-order valence-electron chi connectivity index (χ0n) is 20.6. The van der Waals surface area contributed by atoms with E-state index in [4.69, 9.17) is 0 Å². The molecule has 3 aromatic heterocycles. The van der Waals surface area contributed by atoms with Gasteiger partial charge in [0.25, 0.3) is 10.0 Å². The summed E-state index contributed by atoms with van der Waals surface area (Å²) < 4.78 is 68.1. The molecule has 1 aliphatic heterocycles. The van der Waals surface area contributed by atoms with Gasteiger partial charge in [0, 0.05) is 34.8 Å². The largest absolute Gasteiger partial charge is 0.434 e. The van der Waals surface area contributed by atoms with E-state index in [-0.39, 0.29) is 21.5 Å². The van der Waals surface area contributed by atoms with E-state index < -0.39 is 21.9 Å². The van der Waals surface area contributed by atoms with Gasteiger partial charge < -0.3 is 4.90 Å². The van der Waals surface area contributed by atoms with Gasteiger partial charge in [-0.2, -0.15) is 13.2 Å². The van der Waals surface area contributed by atoms with E-state index in [9.17, 15) is 21.6 Å². The van der Waals surface area contributed by atoms with Crippen molar-refractivity contribution in [1.82, 2.24) is 18.8 Å². The highest BCUT2D eigenvalue weighted by atomic mass is 32.2. The molecule has 6 rings (SSSR count). The number of halogens is 3. The van der Waals surface area contributed by atoms with Gasteiger partial charge in [-0.1, -0.05) is 18.2 Å². The molecule has 11 heteroatoms. The number of fused-ring (bicyclic) bond motifs is 1. The monoisotopic (exact) mass is 560 g/mol. The number of hydrogen-bond donors (Lipinski definition) is 0. The maximum Gasteiger partial charge on any atom is 0.434 e. The van der Waals surface area contributed by atoms with Crippen LogP contribution in [0.5, 0.6) is 0 Å². The van der Waals surface area contributed by atoms with E-state index in [1.165, 1.54) is 44.3 Å². The summed E-state index contributed by atoms with van der Waals surface area (Å²) in [5, 5.41) is 1.56. The number of hydrogen-bond acceptors (Lipinski definition) is 6. The summed E-state index contributed by atoms with van der Waals surface area (Å²) in [5.41, 5.74) is 0.511. The van der Waals surface area contributed by atoms with Crippen LogP contribution in [0, 0.1) is 0 Å². The summed E-state index contributed by atoms with van der Waals surface area (Å²) in [7, 11) is -4.03. The molecule has 6 nitrogen and oxygen atoms in total. The molecule has 0 radical (unpaired) electrons. The standard InChI is InChI=1S/C27H27F3N4O2S2/c28-27(29,30)24-17-37-26(32-24)23-16-34(38(35,36)21-6-2-1-3-7-21)25-22(23)14-19(15-31-25)18-8-10-20(11-9-18)33-12-4-5-13-33/h1-3,6-7,14-18,20H,4-5,8-13H2/t18-,20+. The summed E-state index contributed by atoms with van der Waals surface area (Å²) in [6, 6.07) is 10.5. The number of rotatable bonds is 5. The fourth-order valence-electron chi connectivity index (χ4n) is 5.79. The minimum Gasteiger partial charge on any atom is -0.300 e. The van der Waals surface area contributed by atoms with Crippen LogP contribution in [0.15, 0.2) is 59.1 Å². The molecule has 2 aliphatic rings. The average Bonchev–Trinajstić information content (AvgIpc) is 3.69. The summed E-state index contributed by atoms with van der Waals surface area (Å²) in [6.07, 6.45) is 5.23. The van der Waals surface area contributed by atoms with E-state index in [1.54, 1.807) is 24.4 Å². The number of likely N-dealkylation sites (tertiary alicyclic amines) is 1. The van der Waals surface area contributed by atoms with Crippen molar-refractivity contribution in [2.45, 2.75) is 61.6 Å². The SMILES string of the molecule is O=S(=O)(c1ccccc1)n1cc(-c2nc(C(F)(F)F)cs2)c2cc([C@H]3CC[C@@H](N4CCCC4)CC3)cnc21. The molecule has 2 fully saturated rings. The molecule has 4 heterocycles. The zero-order chi connectivity index (χ0) is 26.5. The maximum absolute atomic E-state index is 13.5. The molecule has 0 unspecified atom stereocenters. The highest BCUT2D eigenvalue weighted by molar-refractivity contribution is 7.90. The zero-order valence-corrected chi connectivity index (χ0v) is 22.2. The smallest absolute Gasteiger partial charge is 0.300 e. The fraction of sp³-hybridized carbons (Fsp3) is 0.407. The van der Waals surface area contributed by atoms with Crippen LogP contribution < -0.4 is 0 Å². The minimum absolute atomic E-state index is 0.0738. The van der Waals surface area contributed by atoms with Gasteiger partial charge in [0.2, 0.25) is 0 Å². The number of alkyl halides is 3. The molecule has 4 aromatic rings. The maximum atomic E-state index is 13.5. The van der Waals surface area contributed by atoms with E-state index in [0.29, 0.717) is 17.0 Å². The Kier molecular flexibility index (Phi) is 6.56. The van der Waals surface area contributed by atoms with Crippen LogP contribution in [-0.2, 0) is 16.2 Å². The molecule has 0 atom stereocenters. The Bertz CT molecular complexity index is 1550. The second-order valence-electron chi connectivity index (χ2n) is 10.1. The number of aromatic nitrogens is 3. The van der Waals surface area contributed by atoms with Crippen molar-refractivity contribution in [2.75, 3.05) is 13.1 Å². The molecule has 1 saturated carbocycles. The van der Waals surface area contributed by atoms with E-state index in [2.05, 4.69) is 14.9 Å². The van der Waals surface area contributed by atoms with Gasteiger partial charge in [-0.25, -0.2) is 22.4 Å². The topological polar surface area (TPSA) is 68.1 Å². The van der Waals surface area contributed by atoms with Crippen molar-refractivity contribution in [3.05, 3.63) is 65.4 Å². The predicted octanol–water partition coefficient (Wildman–Crippen LogP) is 6.54. The molecule has 38 heavy (non-hydrogen) atoms. The third kappa shape index (κ3) is 4.65. The fourth-order valence-corrected chi connectivity index (χ4v) is 7.98. The Morgan fingerprint density at radius 3 is 2.37 bits per heavy atom. The van der Waals surface area contributed by atoms with Crippen LogP contribution in [0.4, 0.5) is 13.2 Å². The Morgan fingerprint density at radius 2 is 1.71 bits per heavy atom. The normalized spacial score (nSPS) is 21.3. The Morgan fingerprint density at radius 1 is 1.00 bits per heavy atom. The lowest BCUT2D eigenvalue weighted by molar-refractivity contribution is -0.140. The second-order valence-corrected chi connectivity index (χ2v) is 12.8. The van der Waals surface area contributed by atoms with Crippen molar-refractivity contribution < 1.29 is 21.6 Å². The number of pyridine rings is 1. The van der Waals surface area contributed by atoms with Crippen LogP contribution in [0.3, 0.4) is 0 Å². The number of nitrogens with zero attached hydrogens (tertiary/aromatic N) is 4. The molecule has 0 amide bonds. The lowest BCUT2D eigenvalue weighted by atomic mass is 9.81. The van der Waals surface area contributed by atoms with Gasteiger partial charge in [-0.15, -0.1) is 11.3 Å². The van der Waals surface area contributed by atoms with Crippen LogP contribution in [-0.4, -0.2) is 46.4 Å². The quantitative estimate of drug-likeness (QED) is 0.277. The van der Waals surface area contributed by atoms with Crippen molar-refractivity contribution in [2.24, 2.45) is 0 Å². The lowest BCUT2D eigenvalue weighted by Gasteiger charge is -2.34. The van der Waals surface area contributed by atoms with E-state index in [0.717, 1.165) is 51.9 Å². The van der Waals surface area contributed by atoms with Crippen LogP contribution in [0.25, 0.3) is 21.6 Å². The first-order valence-electron chi connectivity index (χ1n) is 12.8. The van der Waals surface area contributed by atoms with Gasteiger partial charge in [-0.3, -0.25) is 0 Å². The third-order valence-corrected chi connectivity index (χ3v) is 10.3. The lowest BCUT2D eigenvalue weighted by Crippen LogP contribution is -2.35. The molecule has 1 aromatic carbocycles. The van der Waals surface area contributed by atoms with Crippen molar-refractivity contribution in [1.29, 1.82) is 0 Å². The van der Waals surface area contributed by atoms with Crippen molar-refractivity contribution >= 4 is 32.4 Å². The average molecular weight is 561 g/mol. The summed E-state index contributed by atoms with van der Waals surface area (Å²) in [5.74, 6) is 0.273. The van der Waals surface area contributed by atoms with Gasteiger partial charge in [0.15, 0.2) is 11.3 Å². The highest BCUT2D eigenvalue weighted by Crippen LogP contribution is 2.41. The first-order chi connectivity index (χ1) is 18.2. The van der Waals surface area contributed by atoms with Crippen molar-refractivity contribution in [3.63, 3.8) is 0 Å². The molecule has 0 N–H and O–H groups in total. The number of thiazole rings is 1. The van der Waals surface area contributed by atoms with Crippen LogP contribution in [0.1, 0.15) is 55.7 Å². The highest BCUT2D eigenvalue weighted by Gasteiger charge is 2.35. The molecular weight excluding hydrogens is 533 g/mol. The summed E-state index contributed by atoms with van der Waals surface area (Å²) in [6.45, 7) is 2.34. The third-order valence-electron chi connectivity index (χ3n) is 7.78. The van der Waals surface area contributed by atoms with Gasteiger partial charge in [0.1, 0.15) is 5.01 Å². The molecule has 200 valence electrons. The van der Waals surface area contributed by atoms with Gasteiger partial charge in [-0.05, 0) is 81.3 Å². The van der Waals surface area contributed by atoms with Crippen LogP contribution >= 0.6 is 11.3 Å². The number of benzene rings is 1. The molecular formula is C27H27F3N4O2S2. The second kappa shape index (κ2) is 9.77. The summed E-state index contributed by atoms with van der Waals surface area (Å²) >= 11 is 0.847. The molecule has 0 bridgehead atoms. The minimum atomic E-state index is -4.58. The first kappa shape index (κ1) is 25.5. The van der Waals surface area contributed by atoms with E-state index >= 15 is 0 Å². The Balaban J connectivity index is 1.41. The predicted molar refractivity (Wildman–Crippen MR) is 141 cm³/mol. The van der Waals surface area contributed by atoms with E-state index in [1.807, 2.05) is 6.07 Å². The van der Waals surface area contributed by atoms with Gasteiger partial charge in [0.05, 0.1) is 4.90 Å². The Hall–Kier alpha value is -2.76. The molecule has 0 spiro atoms. The van der Waals surface area contributed by atoms with Crippen LogP contribution in [0.2, 0.25) is 0 Å². The molecule has 1 aliphatic carbocycles. The van der Waals surface area contributed by atoms with Gasteiger partial charge >= 0.3 is 6.18 Å². The molecule has 1 saturated heterocycles. The summed E-state index contributed by atoms with van der Waals surface area (Å²) in [4.78, 5) is 11.1.